The Hall–Kier alpha value is -1.58. The summed E-state index contributed by atoms with van der Waals surface area (Å²) >= 11 is 0. The molecule has 0 saturated heterocycles. The predicted molar refractivity (Wildman–Crippen MR) is 48.6 cm³/mol. The minimum atomic E-state index is -0.375. The molecule has 1 aromatic heterocycles. The SMILES string of the molecule is O=c1[nH]c2ccc(CCF)cc2[nH]1. The number of nitrogens with one attached hydrogen (secondary N) is 2. The highest BCUT2D eigenvalue weighted by atomic mass is 19.1. The molecule has 4 heteroatoms. The van der Waals surface area contributed by atoms with E-state index in [2.05, 4.69) is 9.97 Å². The summed E-state index contributed by atoms with van der Waals surface area (Å²) in [5.41, 5.74) is 2.15. The van der Waals surface area contributed by atoms with Crippen LogP contribution in [0, 0.1) is 0 Å². The van der Waals surface area contributed by atoms with Crippen molar-refractivity contribution in [1.82, 2.24) is 9.97 Å². The zero-order valence-electron chi connectivity index (χ0n) is 6.93. The van der Waals surface area contributed by atoms with Crippen molar-refractivity contribution in [3.63, 3.8) is 0 Å². The number of aryl methyl sites for hydroxylation is 1. The molecule has 0 aliphatic carbocycles. The Kier molecular flexibility index (Phi) is 1.88. The lowest BCUT2D eigenvalue weighted by molar-refractivity contribution is 0.495. The van der Waals surface area contributed by atoms with Crippen LogP contribution < -0.4 is 5.69 Å². The van der Waals surface area contributed by atoms with Gasteiger partial charge in [0, 0.05) is 6.42 Å². The number of hydrogen-bond acceptors (Lipinski definition) is 1. The average Bonchev–Trinajstić information content (AvgIpc) is 2.44. The van der Waals surface area contributed by atoms with Crippen LogP contribution in [0.4, 0.5) is 4.39 Å². The molecule has 0 saturated carbocycles. The van der Waals surface area contributed by atoms with Crippen LogP contribution in [0.15, 0.2) is 23.0 Å². The molecule has 1 heterocycles. The topological polar surface area (TPSA) is 48.6 Å². The number of alkyl halides is 1. The van der Waals surface area contributed by atoms with E-state index in [1.165, 1.54) is 0 Å². The third kappa shape index (κ3) is 1.47. The van der Waals surface area contributed by atoms with Gasteiger partial charge in [0.05, 0.1) is 17.7 Å². The van der Waals surface area contributed by atoms with E-state index in [9.17, 15) is 9.18 Å². The molecule has 13 heavy (non-hydrogen) atoms. The van der Waals surface area contributed by atoms with Crippen LogP contribution >= 0.6 is 0 Å². The molecular formula is C9H9FN2O. The van der Waals surface area contributed by atoms with Gasteiger partial charge in [-0.05, 0) is 17.7 Å². The number of H-pyrrole nitrogens is 2. The second-order valence-electron chi connectivity index (χ2n) is 2.90. The van der Waals surface area contributed by atoms with Crippen LogP contribution in [-0.4, -0.2) is 16.6 Å². The summed E-state index contributed by atoms with van der Waals surface area (Å²) in [5.74, 6) is 0. The molecule has 2 N–H and O–H groups in total. The summed E-state index contributed by atoms with van der Waals surface area (Å²) in [7, 11) is 0. The van der Waals surface area contributed by atoms with Gasteiger partial charge >= 0.3 is 5.69 Å². The second kappa shape index (κ2) is 3.05. The lowest BCUT2D eigenvalue weighted by Crippen LogP contribution is -1.99. The van der Waals surface area contributed by atoms with E-state index in [0.717, 1.165) is 16.6 Å². The Balaban J connectivity index is 2.54. The molecule has 3 nitrogen and oxygen atoms in total. The van der Waals surface area contributed by atoms with Crippen LogP contribution in [0.5, 0.6) is 0 Å². The van der Waals surface area contributed by atoms with E-state index in [1.807, 2.05) is 6.07 Å². The molecule has 0 aliphatic heterocycles. The number of benzene rings is 1. The maximum Gasteiger partial charge on any atom is 0.323 e. The van der Waals surface area contributed by atoms with Crippen LogP contribution in [0.1, 0.15) is 5.56 Å². The standard InChI is InChI=1S/C9H9FN2O/c10-4-3-6-1-2-7-8(5-6)12-9(13)11-7/h1-2,5H,3-4H2,(H2,11,12,13). The van der Waals surface area contributed by atoms with Crippen molar-refractivity contribution in [3.8, 4) is 0 Å². The van der Waals surface area contributed by atoms with Crippen molar-refractivity contribution < 1.29 is 4.39 Å². The molecular weight excluding hydrogens is 171 g/mol. The van der Waals surface area contributed by atoms with E-state index in [-0.39, 0.29) is 12.4 Å². The highest BCUT2D eigenvalue weighted by molar-refractivity contribution is 5.74. The number of hydrogen-bond donors (Lipinski definition) is 2. The summed E-state index contributed by atoms with van der Waals surface area (Å²) in [5, 5.41) is 0. The molecule has 0 spiro atoms. The normalized spacial score (nSPS) is 10.8. The van der Waals surface area contributed by atoms with Gasteiger partial charge in [-0.2, -0.15) is 0 Å². The van der Waals surface area contributed by atoms with E-state index >= 15 is 0 Å². The Bertz CT molecular complexity index is 472. The summed E-state index contributed by atoms with van der Waals surface area (Å²) in [6.07, 6.45) is 0.392. The quantitative estimate of drug-likeness (QED) is 0.720. The first-order valence-electron chi connectivity index (χ1n) is 4.06. The van der Waals surface area contributed by atoms with Crippen molar-refractivity contribution in [1.29, 1.82) is 0 Å². The van der Waals surface area contributed by atoms with Gasteiger partial charge < -0.3 is 9.97 Å². The molecule has 1 aromatic carbocycles. The van der Waals surface area contributed by atoms with Crippen LogP contribution in [0.3, 0.4) is 0 Å². The summed E-state index contributed by atoms with van der Waals surface area (Å²) in [4.78, 5) is 16.1. The summed E-state index contributed by atoms with van der Waals surface area (Å²) in [6, 6.07) is 5.37. The van der Waals surface area contributed by atoms with E-state index in [4.69, 9.17) is 0 Å². The summed E-state index contributed by atoms with van der Waals surface area (Å²) in [6.45, 7) is -0.375. The number of aromatic nitrogens is 2. The van der Waals surface area contributed by atoms with Crippen molar-refractivity contribution in [3.05, 3.63) is 34.2 Å². The van der Waals surface area contributed by atoms with Crippen molar-refractivity contribution in [2.24, 2.45) is 0 Å². The summed E-state index contributed by atoms with van der Waals surface area (Å²) < 4.78 is 12.0. The predicted octanol–water partition coefficient (Wildman–Crippen LogP) is 1.37. The highest BCUT2D eigenvalue weighted by Gasteiger charge is 1.98. The van der Waals surface area contributed by atoms with Gasteiger partial charge in [-0.1, -0.05) is 6.07 Å². The number of halogens is 1. The lowest BCUT2D eigenvalue weighted by Gasteiger charge is -1.95. The fourth-order valence-corrected chi connectivity index (χ4v) is 1.34. The van der Waals surface area contributed by atoms with Gasteiger partial charge in [-0.25, -0.2) is 4.79 Å². The molecule has 0 atom stereocenters. The first-order valence-corrected chi connectivity index (χ1v) is 4.06. The minimum absolute atomic E-state index is 0.229. The van der Waals surface area contributed by atoms with Gasteiger partial charge in [-0.15, -0.1) is 0 Å². The van der Waals surface area contributed by atoms with Gasteiger partial charge in [0.15, 0.2) is 0 Å². The number of imidazole rings is 1. The van der Waals surface area contributed by atoms with Crippen molar-refractivity contribution >= 4 is 11.0 Å². The first-order chi connectivity index (χ1) is 6.29. The molecule has 0 aliphatic rings. The third-order valence-corrected chi connectivity index (χ3v) is 1.96. The molecule has 2 aromatic rings. The van der Waals surface area contributed by atoms with Crippen LogP contribution in [0.25, 0.3) is 11.0 Å². The molecule has 0 amide bonds. The largest absolute Gasteiger partial charge is 0.323 e. The maximum atomic E-state index is 12.0. The second-order valence-corrected chi connectivity index (χ2v) is 2.90. The number of aromatic amines is 2. The minimum Gasteiger partial charge on any atom is -0.306 e. The van der Waals surface area contributed by atoms with E-state index in [1.54, 1.807) is 12.1 Å². The smallest absolute Gasteiger partial charge is 0.306 e. The third-order valence-electron chi connectivity index (χ3n) is 1.96. The number of rotatable bonds is 2. The molecule has 0 fully saturated rings. The molecule has 68 valence electrons. The van der Waals surface area contributed by atoms with E-state index in [0.29, 0.717) is 6.42 Å². The molecule has 0 radical (unpaired) electrons. The van der Waals surface area contributed by atoms with Crippen LogP contribution in [-0.2, 0) is 6.42 Å². The Morgan fingerprint density at radius 1 is 1.23 bits per heavy atom. The van der Waals surface area contributed by atoms with Crippen molar-refractivity contribution in [2.45, 2.75) is 6.42 Å². The van der Waals surface area contributed by atoms with Crippen molar-refractivity contribution in [2.75, 3.05) is 6.67 Å². The fourth-order valence-electron chi connectivity index (χ4n) is 1.34. The van der Waals surface area contributed by atoms with Gasteiger partial charge in [-0.3, -0.25) is 4.39 Å². The van der Waals surface area contributed by atoms with Gasteiger partial charge in [0.1, 0.15) is 0 Å². The Morgan fingerprint density at radius 3 is 2.77 bits per heavy atom. The highest BCUT2D eigenvalue weighted by Crippen LogP contribution is 2.10. The Morgan fingerprint density at radius 2 is 2.00 bits per heavy atom. The maximum absolute atomic E-state index is 12.0. The van der Waals surface area contributed by atoms with Crippen LogP contribution in [0.2, 0.25) is 0 Å². The molecule has 2 rings (SSSR count). The van der Waals surface area contributed by atoms with Gasteiger partial charge in [0.2, 0.25) is 0 Å². The lowest BCUT2D eigenvalue weighted by atomic mass is 10.1. The first kappa shape index (κ1) is 8.04. The average molecular weight is 180 g/mol. The zero-order valence-corrected chi connectivity index (χ0v) is 6.93. The molecule has 0 bridgehead atoms. The number of fused-ring (bicyclic) bond motifs is 1. The Labute approximate surface area is 73.6 Å². The van der Waals surface area contributed by atoms with Gasteiger partial charge in [0.25, 0.3) is 0 Å². The zero-order chi connectivity index (χ0) is 9.26. The van der Waals surface area contributed by atoms with E-state index < -0.39 is 0 Å². The monoisotopic (exact) mass is 180 g/mol. The fraction of sp³-hybridized carbons (Fsp3) is 0.222. The molecule has 0 unspecified atom stereocenters.